The van der Waals surface area contributed by atoms with Crippen LogP contribution in [0, 0.1) is 12.8 Å². The van der Waals surface area contributed by atoms with Crippen molar-refractivity contribution in [2.45, 2.75) is 58.6 Å². The number of hydrogen-bond acceptors (Lipinski definition) is 4. The zero-order valence-corrected chi connectivity index (χ0v) is 18.0. The van der Waals surface area contributed by atoms with E-state index in [-0.39, 0.29) is 11.9 Å². The molecule has 3 aromatic heterocycles. The van der Waals surface area contributed by atoms with E-state index in [0.717, 1.165) is 49.2 Å². The number of carbonyl (C=O) groups is 1. The highest BCUT2D eigenvalue weighted by atomic mass is 16.5. The lowest BCUT2D eigenvalue weighted by atomic mass is 9.92. The van der Waals surface area contributed by atoms with Crippen molar-refractivity contribution in [3.8, 4) is 11.3 Å². The average Bonchev–Trinajstić information content (AvgIpc) is 3.18. The van der Waals surface area contributed by atoms with E-state index in [0.29, 0.717) is 23.2 Å². The molecule has 1 aliphatic carbocycles. The first-order valence-corrected chi connectivity index (χ1v) is 10.8. The summed E-state index contributed by atoms with van der Waals surface area (Å²) in [6, 6.07) is 7.94. The van der Waals surface area contributed by atoms with Crippen LogP contribution in [0.5, 0.6) is 0 Å². The zero-order valence-electron chi connectivity index (χ0n) is 18.0. The largest absolute Gasteiger partial charge is 0.378 e. The number of hydrogen-bond donors (Lipinski definition) is 1. The van der Waals surface area contributed by atoms with Crippen LogP contribution in [0.15, 0.2) is 42.9 Å². The van der Waals surface area contributed by atoms with Gasteiger partial charge >= 0.3 is 0 Å². The van der Waals surface area contributed by atoms with Gasteiger partial charge in [0.2, 0.25) is 0 Å². The van der Waals surface area contributed by atoms with Gasteiger partial charge in [-0.2, -0.15) is 0 Å². The summed E-state index contributed by atoms with van der Waals surface area (Å²) in [7, 11) is 0. The molecular weight excluding hydrogens is 376 g/mol. The lowest BCUT2D eigenvalue weighted by Crippen LogP contribution is -2.39. The van der Waals surface area contributed by atoms with Gasteiger partial charge in [-0.15, -0.1) is 0 Å². The van der Waals surface area contributed by atoms with Crippen molar-refractivity contribution in [2.24, 2.45) is 5.92 Å². The van der Waals surface area contributed by atoms with Crippen LogP contribution in [0.2, 0.25) is 0 Å². The number of fused-ring (bicyclic) bond motifs is 1. The quantitative estimate of drug-likeness (QED) is 0.658. The summed E-state index contributed by atoms with van der Waals surface area (Å²) < 4.78 is 7.93. The Bertz CT molecular complexity index is 1000. The van der Waals surface area contributed by atoms with E-state index in [4.69, 9.17) is 9.72 Å². The predicted molar refractivity (Wildman–Crippen MR) is 117 cm³/mol. The molecule has 0 bridgehead atoms. The second-order valence-electron chi connectivity index (χ2n) is 8.62. The monoisotopic (exact) mass is 406 g/mol. The standard InChI is InChI=1S/C24H30N4O2/c1-16(2)15-30-20-8-6-19(7-9-20)26-24(29)21-10-12-28-17(3)13-22(27-23(21)28)18-5-4-11-25-14-18/h4-5,10-14,16,19-20H,6-9,15H2,1-3H3,(H,26,29)/t19-,20-. The Balaban J connectivity index is 1.47. The molecule has 0 radical (unpaired) electrons. The Hall–Kier alpha value is -2.73. The van der Waals surface area contributed by atoms with Crippen LogP contribution >= 0.6 is 0 Å². The first-order chi connectivity index (χ1) is 14.5. The third-order valence-corrected chi connectivity index (χ3v) is 5.69. The summed E-state index contributed by atoms with van der Waals surface area (Å²) in [6.45, 7) is 7.17. The highest BCUT2D eigenvalue weighted by Crippen LogP contribution is 2.24. The highest BCUT2D eigenvalue weighted by molar-refractivity contribution is 6.00. The van der Waals surface area contributed by atoms with E-state index in [1.807, 2.05) is 41.8 Å². The molecule has 6 heteroatoms. The molecule has 1 fully saturated rings. The number of aryl methyl sites for hydroxylation is 1. The molecule has 1 saturated carbocycles. The summed E-state index contributed by atoms with van der Waals surface area (Å²) >= 11 is 0. The Labute approximate surface area is 177 Å². The number of ether oxygens (including phenoxy) is 1. The summed E-state index contributed by atoms with van der Waals surface area (Å²) in [4.78, 5) is 22.0. The van der Waals surface area contributed by atoms with E-state index in [2.05, 4.69) is 24.1 Å². The van der Waals surface area contributed by atoms with Crippen LogP contribution < -0.4 is 5.32 Å². The van der Waals surface area contributed by atoms with Gasteiger partial charge in [-0.25, -0.2) is 4.98 Å². The molecule has 0 aliphatic heterocycles. The van der Waals surface area contributed by atoms with Gasteiger partial charge in [-0.05, 0) is 62.8 Å². The maximum atomic E-state index is 13.0. The molecule has 3 heterocycles. The lowest BCUT2D eigenvalue weighted by molar-refractivity contribution is 0.00860. The predicted octanol–water partition coefficient (Wildman–Crippen LogP) is 4.42. The van der Waals surface area contributed by atoms with Gasteiger partial charge in [0.25, 0.3) is 5.91 Å². The molecule has 0 spiro atoms. The minimum absolute atomic E-state index is 0.0562. The molecule has 1 N–H and O–H groups in total. The van der Waals surface area contributed by atoms with E-state index in [1.165, 1.54) is 0 Å². The molecule has 30 heavy (non-hydrogen) atoms. The second-order valence-corrected chi connectivity index (χ2v) is 8.62. The van der Waals surface area contributed by atoms with Crippen LogP contribution in [0.3, 0.4) is 0 Å². The fraction of sp³-hybridized carbons (Fsp3) is 0.458. The Morgan fingerprint density at radius 3 is 2.77 bits per heavy atom. The van der Waals surface area contributed by atoms with E-state index in [1.54, 1.807) is 12.4 Å². The first kappa shape index (κ1) is 20.5. The molecule has 6 nitrogen and oxygen atoms in total. The minimum atomic E-state index is -0.0562. The van der Waals surface area contributed by atoms with Crippen molar-refractivity contribution < 1.29 is 9.53 Å². The third-order valence-electron chi connectivity index (χ3n) is 5.69. The van der Waals surface area contributed by atoms with Crippen molar-refractivity contribution in [3.63, 3.8) is 0 Å². The molecule has 0 unspecified atom stereocenters. The van der Waals surface area contributed by atoms with Crippen molar-refractivity contribution >= 4 is 11.6 Å². The van der Waals surface area contributed by atoms with Gasteiger partial charge in [0, 0.05) is 42.5 Å². The molecule has 0 atom stereocenters. The lowest BCUT2D eigenvalue weighted by Gasteiger charge is -2.29. The number of carbonyl (C=O) groups excluding carboxylic acids is 1. The zero-order chi connectivity index (χ0) is 21.1. The van der Waals surface area contributed by atoms with Crippen molar-refractivity contribution in [2.75, 3.05) is 6.61 Å². The molecule has 1 amide bonds. The smallest absolute Gasteiger partial charge is 0.255 e. The Morgan fingerprint density at radius 1 is 1.27 bits per heavy atom. The topological polar surface area (TPSA) is 68.5 Å². The number of pyridine rings is 1. The molecule has 4 rings (SSSR count). The van der Waals surface area contributed by atoms with Gasteiger partial charge in [-0.1, -0.05) is 13.8 Å². The molecule has 3 aromatic rings. The molecular formula is C24H30N4O2. The Kier molecular flexibility index (Phi) is 6.13. The van der Waals surface area contributed by atoms with Crippen LogP contribution in [-0.2, 0) is 4.74 Å². The number of nitrogens with zero attached hydrogens (tertiary/aromatic N) is 3. The molecule has 1 aliphatic rings. The van der Waals surface area contributed by atoms with Gasteiger partial charge in [0.05, 0.1) is 17.4 Å². The van der Waals surface area contributed by atoms with E-state index < -0.39 is 0 Å². The third kappa shape index (κ3) is 4.54. The molecule has 158 valence electrons. The summed E-state index contributed by atoms with van der Waals surface area (Å²) in [5, 5.41) is 3.22. The fourth-order valence-corrected chi connectivity index (χ4v) is 4.04. The van der Waals surface area contributed by atoms with Crippen molar-refractivity contribution in [1.82, 2.24) is 19.7 Å². The second kappa shape index (κ2) is 8.96. The van der Waals surface area contributed by atoms with E-state index in [9.17, 15) is 4.79 Å². The Morgan fingerprint density at radius 2 is 2.07 bits per heavy atom. The van der Waals surface area contributed by atoms with Crippen LogP contribution in [0.25, 0.3) is 16.9 Å². The number of nitrogens with one attached hydrogen (secondary N) is 1. The summed E-state index contributed by atoms with van der Waals surface area (Å²) in [6.07, 6.45) is 9.67. The molecule has 0 saturated heterocycles. The summed E-state index contributed by atoms with van der Waals surface area (Å²) in [5.74, 6) is 0.498. The van der Waals surface area contributed by atoms with Gasteiger partial charge in [0.1, 0.15) is 5.65 Å². The maximum absolute atomic E-state index is 13.0. The number of aromatic nitrogens is 3. The van der Waals surface area contributed by atoms with Gasteiger partial charge in [-0.3, -0.25) is 9.78 Å². The van der Waals surface area contributed by atoms with Gasteiger partial charge in [0.15, 0.2) is 0 Å². The highest BCUT2D eigenvalue weighted by Gasteiger charge is 2.24. The van der Waals surface area contributed by atoms with Crippen LogP contribution in [-0.4, -0.2) is 39.0 Å². The van der Waals surface area contributed by atoms with Crippen molar-refractivity contribution in [1.29, 1.82) is 0 Å². The number of amides is 1. The van der Waals surface area contributed by atoms with Crippen LogP contribution in [0.4, 0.5) is 0 Å². The maximum Gasteiger partial charge on any atom is 0.255 e. The first-order valence-electron chi connectivity index (χ1n) is 10.8. The van der Waals surface area contributed by atoms with Gasteiger partial charge < -0.3 is 14.5 Å². The summed E-state index contributed by atoms with van der Waals surface area (Å²) in [5.41, 5.74) is 4.09. The molecule has 0 aromatic carbocycles. The van der Waals surface area contributed by atoms with Crippen LogP contribution in [0.1, 0.15) is 55.6 Å². The fourth-order valence-electron chi connectivity index (χ4n) is 4.04. The number of rotatable bonds is 6. The average molecular weight is 407 g/mol. The minimum Gasteiger partial charge on any atom is -0.378 e. The van der Waals surface area contributed by atoms with Crippen molar-refractivity contribution in [3.05, 3.63) is 54.1 Å². The normalized spacial score (nSPS) is 19.3. The van der Waals surface area contributed by atoms with E-state index >= 15 is 0 Å². The SMILES string of the molecule is Cc1cc(-c2cccnc2)nc2c(C(=O)N[C@H]3CC[C@H](OCC(C)C)CC3)ccn12.